The van der Waals surface area contributed by atoms with Crippen LogP contribution in [-0.2, 0) is 17.7 Å². The first kappa shape index (κ1) is 23.7. The van der Waals surface area contributed by atoms with Gasteiger partial charge < -0.3 is 25.5 Å². The van der Waals surface area contributed by atoms with Crippen molar-refractivity contribution in [1.29, 1.82) is 0 Å². The maximum absolute atomic E-state index is 11.7. The zero-order valence-corrected chi connectivity index (χ0v) is 19.3. The third-order valence-corrected chi connectivity index (χ3v) is 6.05. The smallest absolute Gasteiger partial charge is 0.293 e. The van der Waals surface area contributed by atoms with E-state index < -0.39 is 5.56 Å². The van der Waals surface area contributed by atoms with Gasteiger partial charge in [0.25, 0.3) is 5.56 Å². The van der Waals surface area contributed by atoms with Crippen molar-refractivity contribution in [2.24, 2.45) is 0 Å². The molecule has 0 bridgehead atoms. The molecule has 7 nitrogen and oxygen atoms in total. The van der Waals surface area contributed by atoms with Crippen LogP contribution in [-0.4, -0.2) is 47.9 Å². The molecule has 1 saturated heterocycles. The highest BCUT2D eigenvalue weighted by molar-refractivity contribution is 5.44. The molecule has 2 unspecified atom stereocenters. The van der Waals surface area contributed by atoms with Gasteiger partial charge in [-0.05, 0) is 48.4 Å². The summed E-state index contributed by atoms with van der Waals surface area (Å²) in [7, 11) is 1.63. The van der Waals surface area contributed by atoms with E-state index in [0.29, 0.717) is 24.8 Å². The molecule has 2 atom stereocenters. The quantitative estimate of drug-likeness (QED) is 0.387. The minimum absolute atomic E-state index is 0.0478. The number of aromatic nitrogens is 2. The molecule has 0 radical (unpaired) electrons. The van der Waals surface area contributed by atoms with Gasteiger partial charge in [0.1, 0.15) is 0 Å². The maximum atomic E-state index is 11.7. The van der Waals surface area contributed by atoms with E-state index in [0.717, 1.165) is 36.3 Å². The lowest BCUT2D eigenvalue weighted by Crippen LogP contribution is -2.30. The van der Waals surface area contributed by atoms with Crippen LogP contribution < -0.4 is 16.2 Å². The van der Waals surface area contributed by atoms with Gasteiger partial charge in [-0.3, -0.25) is 4.79 Å². The molecule has 0 aliphatic carbocycles. The second-order valence-corrected chi connectivity index (χ2v) is 8.52. The number of rotatable bonds is 8. The van der Waals surface area contributed by atoms with Crippen LogP contribution in [0.1, 0.15) is 40.3 Å². The third kappa shape index (κ3) is 6.33. The van der Waals surface area contributed by atoms with Crippen molar-refractivity contribution < 1.29 is 9.84 Å². The van der Waals surface area contributed by atoms with E-state index in [-0.39, 0.29) is 11.7 Å². The monoisotopic (exact) mass is 458 g/mol. The summed E-state index contributed by atoms with van der Waals surface area (Å²) in [5.74, 6) is 6.05. The lowest BCUT2D eigenvalue weighted by atomic mass is 9.93. The molecule has 0 amide bonds. The molecule has 1 aliphatic heterocycles. The van der Waals surface area contributed by atoms with Crippen LogP contribution in [0.2, 0.25) is 0 Å². The van der Waals surface area contributed by atoms with Crippen LogP contribution in [0, 0.1) is 11.8 Å². The van der Waals surface area contributed by atoms with Gasteiger partial charge in [-0.2, -0.15) is 0 Å². The van der Waals surface area contributed by atoms with Crippen LogP contribution in [0.15, 0.2) is 59.7 Å². The van der Waals surface area contributed by atoms with Crippen LogP contribution in [0.3, 0.4) is 0 Å². The lowest BCUT2D eigenvalue weighted by molar-refractivity contribution is 0.178. The molecule has 0 spiro atoms. The number of nitrogens with one attached hydrogen (secondary N) is 3. The van der Waals surface area contributed by atoms with Crippen LogP contribution in [0.4, 0.5) is 0 Å². The number of benzene rings is 2. The average Bonchev–Trinajstić information content (AvgIpc) is 3.39. The fourth-order valence-electron chi connectivity index (χ4n) is 4.07. The lowest BCUT2D eigenvalue weighted by Gasteiger charge is -2.16. The molecule has 3 aromatic rings. The summed E-state index contributed by atoms with van der Waals surface area (Å²) >= 11 is 0. The van der Waals surface area contributed by atoms with Gasteiger partial charge in [-0.1, -0.05) is 36.1 Å². The fraction of sp³-hybridized carbons (Fsp3) is 0.333. The van der Waals surface area contributed by atoms with E-state index in [9.17, 15) is 9.90 Å². The Morgan fingerprint density at radius 3 is 2.50 bits per heavy atom. The molecule has 34 heavy (non-hydrogen) atoms. The molecule has 176 valence electrons. The number of hydrogen-bond donors (Lipinski definition) is 4. The van der Waals surface area contributed by atoms with Crippen molar-refractivity contribution in [3.63, 3.8) is 0 Å². The largest absolute Gasteiger partial charge is 0.502 e. The molecular formula is C27H30N4O3. The first-order chi connectivity index (χ1) is 16.6. The van der Waals surface area contributed by atoms with Crippen molar-refractivity contribution in [3.05, 3.63) is 93.2 Å². The molecule has 7 heteroatoms. The summed E-state index contributed by atoms with van der Waals surface area (Å²) in [6.45, 7) is 3.45. The van der Waals surface area contributed by atoms with Crippen molar-refractivity contribution in [3.8, 4) is 17.6 Å². The van der Waals surface area contributed by atoms with E-state index in [1.807, 2.05) is 24.3 Å². The van der Waals surface area contributed by atoms with Crippen molar-refractivity contribution in [2.45, 2.75) is 31.3 Å². The number of H-pyrrole nitrogens is 1. The van der Waals surface area contributed by atoms with Gasteiger partial charge in [0.15, 0.2) is 0 Å². The topological polar surface area (TPSA) is 99.3 Å². The molecule has 0 saturated carbocycles. The molecule has 2 heterocycles. The van der Waals surface area contributed by atoms with Crippen molar-refractivity contribution in [2.75, 3.05) is 26.8 Å². The summed E-state index contributed by atoms with van der Waals surface area (Å²) in [6.07, 6.45) is 2.88. The standard InChI is InChI=1S/C27H30N4O3/c1-34-17-23(14-25-26(32)27(33)31-18-30-25)22-10-8-20(9-11-22)3-2-19-4-6-21(7-5-19)15-29-24-12-13-28-16-24/h4-11,18,23-24,28-29,32H,12-17H2,1H3,(H,30,31,33). The highest BCUT2D eigenvalue weighted by Crippen LogP contribution is 2.23. The van der Waals surface area contributed by atoms with E-state index in [1.165, 1.54) is 18.3 Å². The number of methoxy groups -OCH3 is 1. The Balaban J connectivity index is 1.39. The van der Waals surface area contributed by atoms with Crippen molar-refractivity contribution in [1.82, 2.24) is 20.6 Å². The molecule has 1 aromatic heterocycles. The second kappa shape index (κ2) is 11.6. The van der Waals surface area contributed by atoms with Gasteiger partial charge in [0, 0.05) is 49.7 Å². The third-order valence-electron chi connectivity index (χ3n) is 6.05. The summed E-state index contributed by atoms with van der Waals surface area (Å²) in [6, 6.07) is 16.9. The first-order valence-corrected chi connectivity index (χ1v) is 11.5. The molecule has 1 fully saturated rings. The number of aromatic amines is 1. The number of nitrogens with zero attached hydrogens (tertiary/aromatic N) is 1. The number of hydrogen-bond acceptors (Lipinski definition) is 6. The summed E-state index contributed by atoms with van der Waals surface area (Å²) in [5.41, 5.74) is 3.99. The number of aromatic hydroxyl groups is 1. The molecular weight excluding hydrogens is 428 g/mol. The molecule has 2 aromatic carbocycles. The van der Waals surface area contributed by atoms with E-state index >= 15 is 0 Å². The summed E-state index contributed by atoms with van der Waals surface area (Å²) in [5, 5.41) is 17.0. The van der Waals surface area contributed by atoms with Gasteiger partial charge in [0.05, 0.1) is 18.6 Å². The Hall–Kier alpha value is -3.44. The Bertz CT molecular complexity index is 1190. The van der Waals surface area contributed by atoms with E-state index in [2.05, 4.69) is 56.7 Å². The first-order valence-electron chi connectivity index (χ1n) is 11.5. The minimum Gasteiger partial charge on any atom is -0.502 e. The van der Waals surface area contributed by atoms with Gasteiger partial charge in [0.2, 0.25) is 5.75 Å². The highest BCUT2D eigenvalue weighted by atomic mass is 16.5. The van der Waals surface area contributed by atoms with Crippen LogP contribution in [0.5, 0.6) is 5.75 Å². The maximum Gasteiger partial charge on any atom is 0.293 e. The van der Waals surface area contributed by atoms with Crippen LogP contribution >= 0.6 is 0 Å². The normalized spacial score (nSPS) is 16.1. The zero-order valence-electron chi connectivity index (χ0n) is 19.3. The van der Waals surface area contributed by atoms with E-state index in [1.54, 1.807) is 7.11 Å². The SMILES string of the molecule is COCC(Cc1nc[nH]c(=O)c1O)c1ccc(C#Cc2ccc(CNC3CCNC3)cc2)cc1. The second-order valence-electron chi connectivity index (χ2n) is 8.52. The van der Waals surface area contributed by atoms with E-state index in [4.69, 9.17) is 4.74 Å². The Kier molecular flexibility index (Phi) is 8.10. The Morgan fingerprint density at radius 2 is 1.85 bits per heavy atom. The number of ether oxygens (including phenoxy) is 1. The highest BCUT2D eigenvalue weighted by Gasteiger charge is 2.17. The molecule has 4 N–H and O–H groups in total. The molecule has 1 aliphatic rings. The van der Waals surface area contributed by atoms with Gasteiger partial charge in [-0.25, -0.2) is 4.98 Å². The average molecular weight is 459 g/mol. The molecule has 4 rings (SSSR count). The van der Waals surface area contributed by atoms with Crippen molar-refractivity contribution >= 4 is 0 Å². The Morgan fingerprint density at radius 1 is 1.15 bits per heavy atom. The summed E-state index contributed by atoms with van der Waals surface area (Å²) < 4.78 is 5.36. The van der Waals surface area contributed by atoms with Gasteiger partial charge in [-0.15, -0.1) is 0 Å². The van der Waals surface area contributed by atoms with Crippen LogP contribution in [0.25, 0.3) is 0 Å². The fourth-order valence-corrected chi connectivity index (χ4v) is 4.07. The predicted molar refractivity (Wildman–Crippen MR) is 132 cm³/mol. The summed E-state index contributed by atoms with van der Waals surface area (Å²) in [4.78, 5) is 18.1. The zero-order chi connectivity index (χ0) is 23.8. The van der Waals surface area contributed by atoms with Gasteiger partial charge >= 0.3 is 0 Å². The minimum atomic E-state index is -0.540. The Labute approximate surface area is 199 Å². The predicted octanol–water partition coefficient (Wildman–Crippen LogP) is 2.30.